The summed E-state index contributed by atoms with van der Waals surface area (Å²) in [6.07, 6.45) is 4.74. The summed E-state index contributed by atoms with van der Waals surface area (Å²) in [6.45, 7) is 1.60. The minimum absolute atomic E-state index is 0.128. The minimum Gasteiger partial charge on any atom is -0.325 e. The van der Waals surface area contributed by atoms with Gasteiger partial charge in [-0.1, -0.05) is 12.1 Å². The van der Waals surface area contributed by atoms with Crippen molar-refractivity contribution in [3.63, 3.8) is 0 Å². The van der Waals surface area contributed by atoms with Gasteiger partial charge in [-0.15, -0.1) is 10.2 Å². The molecule has 0 saturated carbocycles. The molecule has 1 aromatic carbocycles. The van der Waals surface area contributed by atoms with Crippen LogP contribution in [0.25, 0.3) is 28.3 Å². The number of anilines is 1. The maximum atomic E-state index is 12.5. The monoisotopic (exact) mass is 438 g/mol. The number of nitrogens with one attached hydrogen (secondary N) is 1. The fourth-order valence-electron chi connectivity index (χ4n) is 3.37. The van der Waals surface area contributed by atoms with Gasteiger partial charge in [0.1, 0.15) is 6.54 Å². The average molecular weight is 438 g/mol. The highest BCUT2D eigenvalue weighted by atomic mass is 16.2. The Balaban J connectivity index is 1.41. The zero-order valence-electron chi connectivity index (χ0n) is 17.6. The number of carbonyl (C=O) groups excluding carboxylic acids is 1. The summed E-state index contributed by atoms with van der Waals surface area (Å²) in [4.78, 5) is 32.6. The van der Waals surface area contributed by atoms with Crippen molar-refractivity contribution in [2.75, 3.05) is 5.32 Å². The van der Waals surface area contributed by atoms with Gasteiger partial charge in [0.05, 0.1) is 12.0 Å². The number of aryl methyl sites for hydroxylation is 1. The lowest BCUT2D eigenvalue weighted by Gasteiger charge is -2.09. The fraction of sp³-hybridized carbons (Fsp3) is 0.0870. The molecular weight excluding hydrogens is 420 g/mol. The largest absolute Gasteiger partial charge is 0.325 e. The molecule has 1 N–H and O–H groups in total. The van der Waals surface area contributed by atoms with Gasteiger partial charge in [0.2, 0.25) is 5.91 Å². The van der Waals surface area contributed by atoms with Crippen LogP contribution < -0.4 is 10.9 Å². The SMILES string of the molecule is Cc1cc(=O)n(CC(=O)Nc2cccc(-c3ccc4nnc(-c5ccncc5)n4n3)c2)cn1. The van der Waals surface area contributed by atoms with Gasteiger partial charge >= 0.3 is 0 Å². The number of rotatable bonds is 5. The molecule has 4 aromatic heterocycles. The van der Waals surface area contributed by atoms with Gasteiger partial charge in [0, 0.05) is 41.0 Å². The fourth-order valence-corrected chi connectivity index (χ4v) is 3.37. The highest BCUT2D eigenvalue weighted by Crippen LogP contribution is 2.23. The molecule has 33 heavy (non-hydrogen) atoms. The molecule has 0 bridgehead atoms. The number of aromatic nitrogens is 7. The van der Waals surface area contributed by atoms with E-state index in [1.165, 1.54) is 17.0 Å². The molecule has 0 aliphatic heterocycles. The summed E-state index contributed by atoms with van der Waals surface area (Å²) in [7, 11) is 0. The van der Waals surface area contributed by atoms with Gasteiger partial charge in [-0.25, -0.2) is 4.98 Å². The second-order valence-electron chi connectivity index (χ2n) is 7.37. The quantitative estimate of drug-likeness (QED) is 0.447. The van der Waals surface area contributed by atoms with E-state index in [-0.39, 0.29) is 18.0 Å². The van der Waals surface area contributed by atoms with Gasteiger partial charge in [0.15, 0.2) is 11.5 Å². The Bertz CT molecular complexity index is 1520. The zero-order chi connectivity index (χ0) is 22.8. The first-order valence-electron chi connectivity index (χ1n) is 10.1. The second-order valence-corrected chi connectivity index (χ2v) is 7.37. The Morgan fingerprint density at radius 2 is 1.85 bits per heavy atom. The van der Waals surface area contributed by atoms with Crippen molar-refractivity contribution in [2.24, 2.45) is 0 Å². The van der Waals surface area contributed by atoms with Crippen LogP contribution in [0, 0.1) is 6.92 Å². The maximum Gasteiger partial charge on any atom is 0.253 e. The molecule has 0 radical (unpaired) electrons. The molecule has 5 rings (SSSR count). The lowest BCUT2D eigenvalue weighted by molar-refractivity contribution is -0.116. The first-order chi connectivity index (χ1) is 16.1. The predicted molar refractivity (Wildman–Crippen MR) is 121 cm³/mol. The van der Waals surface area contributed by atoms with Gasteiger partial charge in [-0.3, -0.25) is 19.1 Å². The van der Waals surface area contributed by atoms with Crippen LogP contribution in [0.15, 0.2) is 78.1 Å². The van der Waals surface area contributed by atoms with E-state index in [4.69, 9.17) is 5.10 Å². The van der Waals surface area contributed by atoms with E-state index < -0.39 is 0 Å². The van der Waals surface area contributed by atoms with Crippen molar-refractivity contribution in [2.45, 2.75) is 13.5 Å². The summed E-state index contributed by atoms with van der Waals surface area (Å²) >= 11 is 0. The number of hydrogen-bond acceptors (Lipinski definition) is 7. The molecule has 162 valence electrons. The van der Waals surface area contributed by atoms with Crippen molar-refractivity contribution < 1.29 is 4.79 Å². The standard InChI is InChI=1S/C23H18N8O2/c1-15-11-22(33)30(14-25-15)13-21(32)26-18-4-2-3-17(12-18)19-5-6-20-27-28-23(31(20)29-19)16-7-9-24-10-8-16/h2-12,14H,13H2,1H3,(H,26,32). The van der Waals surface area contributed by atoms with Crippen LogP contribution in [0.2, 0.25) is 0 Å². The molecule has 0 fully saturated rings. The normalized spacial score (nSPS) is 10.9. The third-order valence-electron chi connectivity index (χ3n) is 4.97. The van der Waals surface area contributed by atoms with Crippen molar-refractivity contribution >= 4 is 17.2 Å². The molecule has 0 aliphatic carbocycles. The first kappa shape index (κ1) is 20.2. The molecule has 1 amide bonds. The summed E-state index contributed by atoms with van der Waals surface area (Å²) in [5, 5.41) is 15.9. The van der Waals surface area contributed by atoms with Crippen LogP contribution in [-0.2, 0) is 11.3 Å². The maximum absolute atomic E-state index is 12.5. The molecule has 0 spiro atoms. The Morgan fingerprint density at radius 1 is 1.00 bits per heavy atom. The van der Waals surface area contributed by atoms with Crippen LogP contribution in [0.4, 0.5) is 5.69 Å². The molecule has 0 unspecified atom stereocenters. The number of hydrogen-bond donors (Lipinski definition) is 1. The highest BCUT2D eigenvalue weighted by Gasteiger charge is 2.12. The lowest BCUT2D eigenvalue weighted by atomic mass is 10.1. The van der Waals surface area contributed by atoms with Crippen molar-refractivity contribution in [3.8, 4) is 22.6 Å². The first-order valence-corrected chi connectivity index (χ1v) is 10.1. The second kappa shape index (κ2) is 8.42. The Morgan fingerprint density at radius 3 is 2.67 bits per heavy atom. The summed E-state index contributed by atoms with van der Waals surface area (Å²) in [5.41, 5.74) is 3.88. The van der Waals surface area contributed by atoms with Crippen LogP contribution in [0.5, 0.6) is 0 Å². The third kappa shape index (κ3) is 4.22. The topological polar surface area (TPSA) is 120 Å². The number of carbonyl (C=O) groups is 1. The lowest BCUT2D eigenvalue weighted by Crippen LogP contribution is -2.27. The van der Waals surface area contributed by atoms with Gasteiger partial charge in [-0.05, 0) is 43.3 Å². The highest BCUT2D eigenvalue weighted by molar-refractivity contribution is 5.91. The summed E-state index contributed by atoms with van der Waals surface area (Å²) < 4.78 is 2.93. The van der Waals surface area contributed by atoms with Crippen LogP contribution in [0.1, 0.15) is 5.69 Å². The van der Waals surface area contributed by atoms with Gasteiger partial charge in [0.25, 0.3) is 5.56 Å². The molecule has 0 saturated heterocycles. The number of nitrogens with zero attached hydrogens (tertiary/aromatic N) is 7. The number of benzene rings is 1. The minimum atomic E-state index is -0.331. The van der Waals surface area contributed by atoms with Crippen molar-refractivity contribution in [1.82, 2.24) is 34.3 Å². The number of pyridine rings is 1. The van der Waals surface area contributed by atoms with Crippen molar-refractivity contribution in [1.29, 1.82) is 0 Å². The van der Waals surface area contributed by atoms with E-state index in [0.29, 0.717) is 28.5 Å². The van der Waals surface area contributed by atoms with Crippen molar-refractivity contribution in [3.05, 3.63) is 89.4 Å². The summed E-state index contributed by atoms with van der Waals surface area (Å²) in [6, 6.07) is 16.1. The smallest absolute Gasteiger partial charge is 0.253 e. The van der Waals surface area contributed by atoms with E-state index in [1.807, 2.05) is 42.5 Å². The van der Waals surface area contributed by atoms with Gasteiger partial charge < -0.3 is 5.32 Å². The molecule has 10 nitrogen and oxygen atoms in total. The molecule has 0 atom stereocenters. The number of amides is 1. The Kier molecular flexibility index (Phi) is 5.15. The van der Waals surface area contributed by atoms with E-state index >= 15 is 0 Å². The number of fused-ring (bicyclic) bond motifs is 1. The molecule has 5 aromatic rings. The molecule has 10 heteroatoms. The molecule has 4 heterocycles. The van der Waals surface area contributed by atoms with Crippen LogP contribution in [0.3, 0.4) is 0 Å². The Hall–Kier alpha value is -4.73. The van der Waals surface area contributed by atoms with E-state index in [0.717, 1.165) is 11.1 Å². The zero-order valence-corrected chi connectivity index (χ0v) is 17.6. The van der Waals surface area contributed by atoms with Gasteiger partial charge in [-0.2, -0.15) is 9.61 Å². The van der Waals surface area contributed by atoms with E-state index in [9.17, 15) is 9.59 Å². The molecular formula is C23H18N8O2. The summed E-state index contributed by atoms with van der Waals surface area (Å²) in [5.74, 6) is 0.276. The van der Waals surface area contributed by atoms with E-state index in [2.05, 4.69) is 25.5 Å². The van der Waals surface area contributed by atoms with Crippen LogP contribution >= 0.6 is 0 Å². The van der Waals surface area contributed by atoms with E-state index in [1.54, 1.807) is 29.9 Å². The predicted octanol–water partition coefficient (Wildman–Crippen LogP) is 2.36. The molecule has 0 aliphatic rings. The third-order valence-corrected chi connectivity index (χ3v) is 4.97. The Labute approximate surface area is 187 Å². The van der Waals surface area contributed by atoms with Crippen LogP contribution in [-0.4, -0.2) is 40.3 Å². The average Bonchev–Trinajstić information content (AvgIpc) is 3.25.